The van der Waals surface area contributed by atoms with Gasteiger partial charge in [-0.25, -0.2) is 0 Å². The largest absolute Gasteiger partial charge is 0.463 e. The van der Waals surface area contributed by atoms with E-state index in [2.05, 4.69) is 19.1 Å². The summed E-state index contributed by atoms with van der Waals surface area (Å²) in [6.07, 6.45) is 16.9. The average molecular weight is 455 g/mol. The second-order valence-electron chi connectivity index (χ2n) is 9.98. The van der Waals surface area contributed by atoms with Gasteiger partial charge in [-0.05, 0) is 77.0 Å². The molecular weight excluding hydrogens is 404 g/mol. The van der Waals surface area contributed by atoms with Gasteiger partial charge in [0.2, 0.25) is 0 Å². The predicted molar refractivity (Wildman–Crippen MR) is 130 cm³/mol. The topological polar surface area (TPSA) is 87.0 Å². The van der Waals surface area contributed by atoms with E-state index < -0.39 is 12.2 Å². The lowest BCUT2D eigenvalue weighted by Crippen LogP contribution is -2.23. The zero-order valence-electron chi connectivity index (χ0n) is 20.9. The Kier molecular flexibility index (Phi) is 16.0. The predicted octanol–water partition coefficient (Wildman–Crippen LogP) is 5.69. The number of unbranched alkanes of at least 4 members (excludes halogenated alkanes) is 7. The van der Waals surface area contributed by atoms with Crippen molar-refractivity contribution in [3.8, 4) is 0 Å². The van der Waals surface area contributed by atoms with Gasteiger partial charge in [0.25, 0.3) is 0 Å². The molecular formula is C27H50O5. The number of aliphatic hydroxyl groups excluding tert-OH is 3. The minimum atomic E-state index is -0.467. The molecule has 1 aliphatic rings. The number of carbonyl (C=O) groups is 1. The number of hydrogen-bond acceptors (Lipinski definition) is 5. The number of hydrogen-bond donors (Lipinski definition) is 3. The third-order valence-corrected chi connectivity index (χ3v) is 6.69. The van der Waals surface area contributed by atoms with Crippen LogP contribution in [0.25, 0.3) is 0 Å². The third-order valence-electron chi connectivity index (χ3n) is 6.69. The zero-order valence-corrected chi connectivity index (χ0v) is 20.9. The fourth-order valence-corrected chi connectivity index (χ4v) is 4.82. The highest BCUT2D eigenvalue weighted by molar-refractivity contribution is 5.69. The van der Waals surface area contributed by atoms with Gasteiger partial charge in [-0.2, -0.15) is 0 Å². The molecule has 5 nitrogen and oxygen atoms in total. The Bertz CT molecular complexity index is 504. The second kappa shape index (κ2) is 17.6. The van der Waals surface area contributed by atoms with E-state index in [1.165, 1.54) is 25.7 Å². The first kappa shape index (κ1) is 29.1. The molecule has 1 fully saturated rings. The van der Waals surface area contributed by atoms with Crippen molar-refractivity contribution in [2.24, 2.45) is 11.8 Å². The number of aliphatic hydroxyl groups is 3. The van der Waals surface area contributed by atoms with Crippen LogP contribution in [0.5, 0.6) is 0 Å². The van der Waals surface area contributed by atoms with Crippen LogP contribution in [0.4, 0.5) is 0 Å². The maximum absolute atomic E-state index is 11.5. The lowest BCUT2D eigenvalue weighted by molar-refractivity contribution is -0.147. The van der Waals surface area contributed by atoms with Gasteiger partial charge in [0, 0.05) is 6.42 Å². The summed E-state index contributed by atoms with van der Waals surface area (Å²) in [5, 5.41) is 31.1. The summed E-state index contributed by atoms with van der Waals surface area (Å²) in [5.74, 6) is 0.0251. The highest BCUT2D eigenvalue weighted by Gasteiger charge is 2.40. The summed E-state index contributed by atoms with van der Waals surface area (Å²) in [6, 6.07) is 0. The molecule has 1 saturated carbocycles. The van der Waals surface area contributed by atoms with Crippen molar-refractivity contribution >= 4 is 5.97 Å². The summed E-state index contributed by atoms with van der Waals surface area (Å²) in [4.78, 5) is 11.5. The first-order valence-electron chi connectivity index (χ1n) is 13.2. The fraction of sp³-hybridized carbons (Fsp3) is 0.889. The minimum absolute atomic E-state index is 0.0440. The van der Waals surface area contributed by atoms with Gasteiger partial charge in [0.1, 0.15) is 0 Å². The van der Waals surface area contributed by atoms with Gasteiger partial charge >= 0.3 is 5.97 Å². The second-order valence-corrected chi connectivity index (χ2v) is 9.98. The molecule has 0 heterocycles. The molecule has 1 rings (SSSR count). The molecule has 0 bridgehead atoms. The van der Waals surface area contributed by atoms with E-state index in [-0.39, 0.29) is 30.0 Å². The van der Waals surface area contributed by atoms with Crippen molar-refractivity contribution in [1.29, 1.82) is 0 Å². The lowest BCUT2D eigenvalue weighted by atomic mass is 9.85. The normalized spacial score (nSPS) is 24.5. The van der Waals surface area contributed by atoms with Crippen molar-refractivity contribution in [3.05, 3.63) is 12.2 Å². The molecule has 0 amide bonds. The molecule has 0 aromatic heterocycles. The Morgan fingerprint density at radius 3 is 2.34 bits per heavy atom. The van der Waals surface area contributed by atoms with Gasteiger partial charge < -0.3 is 20.1 Å². The molecule has 0 aromatic rings. The highest BCUT2D eigenvalue weighted by Crippen LogP contribution is 2.38. The SMILES string of the molecule is CCCCCCC[C@H](O)CC[C@@H]1[C@@H](CC=CCCCCCC(=O)OC(C)C)[C@@H](O)C[C@H]1O. The maximum atomic E-state index is 11.5. The van der Waals surface area contributed by atoms with Crippen molar-refractivity contribution in [2.75, 3.05) is 0 Å². The Morgan fingerprint density at radius 1 is 0.938 bits per heavy atom. The van der Waals surface area contributed by atoms with Gasteiger partial charge in [0.05, 0.1) is 24.4 Å². The molecule has 0 aliphatic heterocycles. The first-order chi connectivity index (χ1) is 15.3. The molecule has 0 aromatic carbocycles. The molecule has 5 atom stereocenters. The third kappa shape index (κ3) is 13.0. The van der Waals surface area contributed by atoms with E-state index in [0.717, 1.165) is 51.4 Å². The number of esters is 1. The summed E-state index contributed by atoms with van der Waals surface area (Å²) >= 11 is 0. The molecule has 0 unspecified atom stereocenters. The number of rotatable bonds is 18. The number of ether oxygens (including phenoxy) is 1. The van der Waals surface area contributed by atoms with Crippen LogP contribution in [0, 0.1) is 11.8 Å². The van der Waals surface area contributed by atoms with Gasteiger partial charge in [-0.15, -0.1) is 0 Å². The average Bonchev–Trinajstić information content (AvgIpc) is 3.00. The first-order valence-corrected chi connectivity index (χ1v) is 13.2. The van der Waals surface area contributed by atoms with E-state index >= 15 is 0 Å². The summed E-state index contributed by atoms with van der Waals surface area (Å²) in [6.45, 7) is 5.94. The highest BCUT2D eigenvalue weighted by atomic mass is 16.5. The maximum Gasteiger partial charge on any atom is 0.306 e. The lowest BCUT2D eigenvalue weighted by Gasteiger charge is -2.23. The zero-order chi connectivity index (χ0) is 23.8. The smallest absolute Gasteiger partial charge is 0.306 e. The number of allylic oxidation sites excluding steroid dienone is 2. The van der Waals surface area contributed by atoms with Crippen LogP contribution in [-0.4, -0.2) is 45.7 Å². The minimum Gasteiger partial charge on any atom is -0.463 e. The van der Waals surface area contributed by atoms with Crippen molar-refractivity contribution in [2.45, 2.75) is 141 Å². The fourth-order valence-electron chi connectivity index (χ4n) is 4.82. The van der Waals surface area contributed by atoms with E-state index in [1.54, 1.807) is 0 Å². The molecule has 1 aliphatic carbocycles. The summed E-state index contributed by atoms with van der Waals surface area (Å²) in [5.41, 5.74) is 0. The van der Waals surface area contributed by atoms with Crippen LogP contribution in [-0.2, 0) is 9.53 Å². The van der Waals surface area contributed by atoms with Crippen LogP contribution in [0.1, 0.15) is 117 Å². The van der Waals surface area contributed by atoms with Crippen LogP contribution in [0.2, 0.25) is 0 Å². The monoisotopic (exact) mass is 454 g/mol. The van der Waals surface area contributed by atoms with E-state index in [1.807, 2.05) is 13.8 Å². The van der Waals surface area contributed by atoms with Crippen LogP contribution < -0.4 is 0 Å². The molecule has 3 N–H and O–H groups in total. The van der Waals surface area contributed by atoms with Crippen molar-refractivity contribution in [3.63, 3.8) is 0 Å². The quantitative estimate of drug-likeness (QED) is 0.141. The molecule has 0 saturated heterocycles. The Balaban J connectivity index is 2.23. The molecule has 0 radical (unpaired) electrons. The molecule has 0 spiro atoms. The van der Waals surface area contributed by atoms with Gasteiger partial charge in [-0.3, -0.25) is 4.79 Å². The summed E-state index contributed by atoms with van der Waals surface area (Å²) < 4.78 is 5.14. The van der Waals surface area contributed by atoms with Gasteiger partial charge in [-0.1, -0.05) is 57.6 Å². The van der Waals surface area contributed by atoms with E-state index in [0.29, 0.717) is 19.3 Å². The van der Waals surface area contributed by atoms with Crippen LogP contribution in [0.3, 0.4) is 0 Å². The summed E-state index contributed by atoms with van der Waals surface area (Å²) in [7, 11) is 0. The van der Waals surface area contributed by atoms with Crippen molar-refractivity contribution < 1.29 is 24.9 Å². The standard InChI is InChI=1S/C27H50O5/c1-4-5-6-9-12-15-22(28)18-19-24-23(25(29)20-26(24)30)16-13-10-7-8-11-14-17-27(31)32-21(2)3/h10,13,21-26,28-30H,4-9,11-12,14-20H2,1-3H3/t22-,23+,24+,25-,26+/m0/s1. The Morgan fingerprint density at radius 2 is 1.62 bits per heavy atom. The van der Waals surface area contributed by atoms with Crippen molar-refractivity contribution in [1.82, 2.24) is 0 Å². The number of carbonyl (C=O) groups excluding carboxylic acids is 1. The molecule has 32 heavy (non-hydrogen) atoms. The van der Waals surface area contributed by atoms with Gasteiger partial charge in [0.15, 0.2) is 0 Å². The van der Waals surface area contributed by atoms with E-state index in [9.17, 15) is 20.1 Å². The molecule has 188 valence electrons. The Hall–Kier alpha value is -0.910. The van der Waals surface area contributed by atoms with E-state index in [4.69, 9.17) is 4.74 Å². The Labute approximate surface area is 196 Å². The van der Waals surface area contributed by atoms with Crippen LogP contribution in [0.15, 0.2) is 12.2 Å². The van der Waals surface area contributed by atoms with Crippen LogP contribution >= 0.6 is 0 Å². The molecule has 5 heteroatoms.